The molecule has 1 amide bonds. The first kappa shape index (κ1) is 14.8. The molecular formula is C15H22N2O3. The molecule has 1 aliphatic rings. The van der Waals surface area contributed by atoms with Gasteiger partial charge in [-0.1, -0.05) is 6.92 Å². The number of carbonyl (C=O) groups excluding carboxylic acids is 2. The Morgan fingerprint density at radius 3 is 2.50 bits per heavy atom. The van der Waals surface area contributed by atoms with Crippen LogP contribution in [0, 0.1) is 6.92 Å². The van der Waals surface area contributed by atoms with Crippen molar-refractivity contribution < 1.29 is 14.7 Å². The summed E-state index contributed by atoms with van der Waals surface area (Å²) in [6, 6.07) is 0.240. The van der Waals surface area contributed by atoms with Gasteiger partial charge in [0.1, 0.15) is 5.69 Å². The van der Waals surface area contributed by atoms with Gasteiger partial charge in [-0.15, -0.1) is 0 Å². The molecule has 5 nitrogen and oxygen atoms in total. The average molecular weight is 278 g/mol. The standard InChI is InChI=1S/C15H22N2O3/c1-4-12-13(10(3)19)9(2)16-14(12)15(20)17(7-8-18)11-5-6-11/h11,16,18H,4-8H2,1-3H3. The van der Waals surface area contributed by atoms with Crippen LogP contribution in [0.2, 0.25) is 0 Å². The number of aryl methyl sites for hydroxylation is 1. The van der Waals surface area contributed by atoms with Crippen molar-refractivity contribution in [3.05, 3.63) is 22.5 Å². The second-order valence-corrected chi connectivity index (χ2v) is 5.34. The lowest BCUT2D eigenvalue weighted by atomic mass is 10.0. The number of nitrogens with one attached hydrogen (secondary N) is 1. The number of aromatic amines is 1. The van der Waals surface area contributed by atoms with Gasteiger partial charge in [0, 0.05) is 23.8 Å². The fraction of sp³-hybridized carbons (Fsp3) is 0.600. The molecule has 0 spiro atoms. The third-order valence-electron chi connectivity index (χ3n) is 3.80. The normalized spacial score (nSPS) is 14.4. The van der Waals surface area contributed by atoms with E-state index in [0.717, 1.165) is 24.1 Å². The Kier molecular flexibility index (Phi) is 4.28. The fourth-order valence-corrected chi connectivity index (χ4v) is 2.78. The van der Waals surface area contributed by atoms with Crippen LogP contribution < -0.4 is 0 Å². The molecule has 2 rings (SSSR count). The lowest BCUT2D eigenvalue weighted by Gasteiger charge is -2.21. The molecule has 110 valence electrons. The average Bonchev–Trinajstić information content (AvgIpc) is 3.17. The largest absolute Gasteiger partial charge is 0.395 e. The van der Waals surface area contributed by atoms with Crippen molar-refractivity contribution in [1.29, 1.82) is 0 Å². The predicted molar refractivity (Wildman–Crippen MR) is 76.1 cm³/mol. The third-order valence-corrected chi connectivity index (χ3v) is 3.80. The zero-order valence-corrected chi connectivity index (χ0v) is 12.3. The molecule has 1 aromatic heterocycles. The quantitative estimate of drug-likeness (QED) is 0.778. The van der Waals surface area contributed by atoms with Crippen LogP contribution >= 0.6 is 0 Å². The number of Topliss-reactive ketones (excluding diaryl/α,β-unsaturated/α-hetero) is 1. The monoisotopic (exact) mass is 278 g/mol. The van der Waals surface area contributed by atoms with Gasteiger partial charge in [-0.05, 0) is 38.7 Å². The maximum atomic E-state index is 12.7. The molecule has 1 aromatic rings. The second-order valence-electron chi connectivity index (χ2n) is 5.34. The Bertz CT molecular complexity index is 529. The van der Waals surface area contributed by atoms with E-state index >= 15 is 0 Å². The summed E-state index contributed by atoms with van der Waals surface area (Å²) in [6.45, 7) is 5.60. The minimum atomic E-state index is -0.103. The number of nitrogens with zero attached hydrogens (tertiary/aromatic N) is 1. The van der Waals surface area contributed by atoms with E-state index in [-0.39, 0.29) is 24.3 Å². The Hall–Kier alpha value is -1.62. The van der Waals surface area contributed by atoms with Crippen LogP contribution in [0.1, 0.15) is 58.8 Å². The number of rotatable bonds is 6. The molecule has 1 saturated carbocycles. The van der Waals surface area contributed by atoms with Crippen molar-refractivity contribution in [3.8, 4) is 0 Å². The van der Waals surface area contributed by atoms with Crippen LogP contribution in [-0.2, 0) is 6.42 Å². The molecule has 0 saturated heterocycles. The van der Waals surface area contributed by atoms with E-state index in [4.69, 9.17) is 5.11 Å². The van der Waals surface area contributed by atoms with Crippen LogP contribution in [0.4, 0.5) is 0 Å². The Morgan fingerprint density at radius 2 is 2.05 bits per heavy atom. The van der Waals surface area contributed by atoms with E-state index < -0.39 is 0 Å². The Balaban J connectivity index is 2.38. The van der Waals surface area contributed by atoms with Crippen molar-refractivity contribution in [2.75, 3.05) is 13.2 Å². The Morgan fingerprint density at radius 1 is 1.40 bits per heavy atom. The van der Waals surface area contributed by atoms with Gasteiger partial charge in [0.05, 0.1) is 6.61 Å². The van der Waals surface area contributed by atoms with Crippen molar-refractivity contribution in [2.45, 2.75) is 46.1 Å². The van der Waals surface area contributed by atoms with Crippen LogP contribution in [0.3, 0.4) is 0 Å². The van der Waals surface area contributed by atoms with E-state index in [1.54, 1.807) is 4.90 Å². The predicted octanol–water partition coefficient (Wildman–Crippen LogP) is 1.69. The topological polar surface area (TPSA) is 73.4 Å². The molecule has 0 radical (unpaired) electrons. The van der Waals surface area contributed by atoms with Gasteiger partial charge in [0.2, 0.25) is 0 Å². The molecule has 0 unspecified atom stereocenters. The van der Waals surface area contributed by atoms with E-state index in [1.807, 2.05) is 13.8 Å². The first-order chi connectivity index (χ1) is 9.51. The van der Waals surface area contributed by atoms with Crippen LogP contribution in [0.15, 0.2) is 0 Å². The number of H-pyrrole nitrogens is 1. The Labute approximate surface area is 119 Å². The van der Waals surface area contributed by atoms with Gasteiger partial charge in [-0.2, -0.15) is 0 Å². The SMILES string of the molecule is CCc1c(C(=O)N(CCO)C2CC2)[nH]c(C)c1C(C)=O. The molecule has 1 fully saturated rings. The van der Waals surface area contributed by atoms with Gasteiger partial charge in [0.15, 0.2) is 5.78 Å². The molecule has 5 heteroatoms. The number of aliphatic hydroxyl groups excluding tert-OH is 1. The molecule has 2 N–H and O–H groups in total. The van der Waals surface area contributed by atoms with Crippen molar-refractivity contribution in [2.24, 2.45) is 0 Å². The summed E-state index contributed by atoms with van der Waals surface area (Å²) in [7, 11) is 0. The summed E-state index contributed by atoms with van der Waals surface area (Å²) in [5.41, 5.74) is 2.69. The summed E-state index contributed by atoms with van der Waals surface area (Å²) < 4.78 is 0. The highest BCUT2D eigenvalue weighted by atomic mass is 16.3. The molecule has 0 aliphatic heterocycles. The number of hydrogen-bond acceptors (Lipinski definition) is 3. The minimum Gasteiger partial charge on any atom is -0.395 e. The molecule has 20 heavy (non-hydrogen) atoms. The molecule has 0 aromatic carbocycles. The van der Waals surface area contributed by atoms with Crippen molar-refractivity contribution in [1.82, 2.24) is 9.88 Å². The van der Waals surface area contributed by atoms with E-state index in [2.05, 4.69) is 4.98 Å². The van der Waals surface area contributed by atoms with Crippen LogP contribution in [-0.4, -0.2) is 45.9 Å². The molecule has 0 bridgehead atoms. The van der Waals surface area contributed by atoms with Gasteiger partial charge in [0.25, 0.3) is 5.91 Å². The van der Waals surface area contributed by atoms with Gasteiger partial charge in [-0.25, -0.2) is 0 Å². The van der Waals surface area contributed by atoms with E-state index in [9.17, 15) is 9.59 Å². The lowest BCUT2D eigenvalue weighted by molar-refractivity contribution is 0.0701. The summed E-state index contributed by atoms with van der Waals surface area (Å²) in [4.78, 5) is 29.2. The zero-order chi connectivity index (χ0) is 14.9. The first-order valence-corrected chi connectivity index (χ1v) is 7.15. The highest BCUT2D eigenvalue weighted by Crippen LogP contribution is 2.29. The molecular weight excluding hydrogens is 256 g/mol. The molecule has 1 heterocycles. The zero-order valence-electron chi connectivity index (χ0n) is 12.3. The van der Waals surface area contributed by atoms with Gasteiger partial charge < -0.3 is 15.0 Å². The summed E-state index contributed by atoms with van der Waals surface area (Å²) in [6.07, 6.45) is 2.62. The van der Waals surface area contributed by atoms with E-state index in [1.165, 1.54) is 6.92 Å². The summed E-state index contributed by atoms with van der Waals surface area (Å²) in [5, 5.41) is 9.13. The maximum absolute atomic E-state index is 12.7. The number of hydrogen-bond donors (Lipinski definition) is 2. The fourth-order valence-electron chi connectivity index (χ4n) is 2.78. The number of aromatic nitrogens is 1. The number of carbonyl (C=O) groups is 2. The summed E-state index contributed by atoms with van der Waals surface area (Å²) in [5.74, 6) is -0.121. The minimum absolute atomic E-state index is 0.0187. The highest BCUT2D eigenvalue weighted by Gasteiger charge is 2.34. The number of ketones is 1. The smallest absolute Gasteiger partial charge is 0.270 e. The number of aliphatic hydroxyl groups is 1. The lowest BCUT2D eigenvalue weighted by Crippen LogP contribution is -2.36. The number of amides is 1. The van der Waals surface area contributed by atoms with Crippen molar-refractivity contribution in [3.63, 3.8) is 0 Å². The van der Waals surface area contributed by atoms with E-state index in [0.29, 0.717) is 24.2 Å². The highest BCUT2D eigenvalue weighted by molar-refractivity contribution is 6.02. The second kappa shape index (κ2) is 5.79. The van der Waals surface area contributed by atoms with Crippen molar-refractivity contribution >= 4 is 11.7 Å². The van der Waals surface area contributed by atoms with Gasteiger partial charge in [-0.3, -0.25) is 9.59 Å². The van der Waals surface area contributed by atoms with Crippen LogP contribution in [0.5, 0.6) is 0 Å². The molecule has 0 atom stereocenters. The molecule has 1 aliphatic carbocycles. The van der Waals surface area contributed by atoms with Gasteiger partial charge >= 0.3 is 0 Å². The van der Waals surface area contributed by atoms with Crippen LogP contribution in [0.25, 0.3) is 0 Å². The summed E-state index contributed by atoms with van der Waals surface area (Å²) >= 11 is 0. The first-order valence-electron chi connectivity index (χ1n) is 7.15. The third kappa shape index (κ3) is 2.63. The maximum Gasteiger partial charge on any atom is 0.270 e.